The van der Waals surface area contributed by atoms with E-state index in [1.165, 1.54) is 26.4 Å². The van der Waals surface area contributed by atoms with Crippen molar-refractivity contribution in [2.45, 2.75) is 6.61 Å². The number of carbonyl (C=O) groups excluding carboxylic acids is 2. The van der Waals surface area contributed by atoms with Crippen LogP contribution in [0.1, 0.15) is 21.9 Å². The Morgan fingerprint density at radius 3 is 2.64 bits per heavy atom. The van der Waals surface area contributed by atoms with Crippen molar-refractivity contribution in [2.24, 2.45) is 0 Å². The fraction of sp³-hybridized carbons (Fsp3) is 0.125. The molecule has 0 unspecified atom stereocenters. The smallest absolute Gasteiger partial charge is 0.373 e. The number of amides is 1. The first-order chi connectivity index (χ1) is 15.9. The van der Waals surface area contributed by atoms with Crippen molar-refractivity contribution in [3.63, 3.8) is 0 Å². The number of nitriles is 1. The van der Waals surface area contributed by atoms with Gasteiger partial charge in [0.1, 0.15) is 24.0 Å². The first-order valence-electron chi connectivity index (χ1n) is 9.60. The Morgan fingerprint density at radius 1 is 1.12 bits per heavy atom. The summed E-state index contributed by atoms with van der Waals surface area (Å²) in [5, 5.41) is 12.5. The van der Waals surface area contributed by atoms with Crippen LogP contribution in [0.4, 0.5) is 5.69 Å². The number of methoxy groups -OCH3 is 2. The van der Waals surface area contributed by atoms with Crippen LogP contribution in [0.15, 0.2) is 64.6 Å². The van der Waals surface area contributed by atoms with Gasteiger partial charge in [0.2, 0.25) is 5.76 Å². The minimum absolute atomic E-state index is 0.0496. The van der Waals surface area contributed by atoms with E-state index in [4.69, 9.17) is 25.5 Å². The van der Waals surface area contributed by atoms with Crippen LogP contribution >= 0.6 is 11.6 Å². The summed E-state index contributed by atoms with van der Waals surface area (Å²) < 4.78 is 21.0. The number of carbonyl (C=O) groups is 2. The number of rotatable bonds is 8. The van der Waals surface area contributed by atoms with Crippen LogP contribution in [-0.2, 0) is 16.1 Å². The van der Waals surface area contributed by atoms with Crippen molar-refractivity contribution in [3.05, 3.63) is 82.3 Å². The molecular formula is C24H19ClN2O6. The summed E-state index contributed by atoms with van der Waals surface area (Å²) in [4.78, 5) is 23.9. The second-order valence-corrected chi connectivity index (χ2v) is 7.03. The molecule has 0 fully saturated rings. The third-order valence-corrected chi connectivity index (χ3v) is 4.60. The number of esters is 1. The number of nitrogens with zero attached hydrogens (tertiary/aromatic N) is 1. The van der Waals surface area contributed by atoms with Gasteiger partial charge in [-0.25, -0.2) is 4.79 Å². The van der Waals surface area contributed by atoms with E-state index in [0.29, 0.717) is 33.5 Å². The maximum absolute atomic E-state index is 12.5. The van der Waals surface area contributed by atoms with Gasteiger partial charge >= 0.3 is 5.97 Å². The molecule has 0 saturated heterocycles. The average molecular weight is 467 g/mol. The SMILES string of the molecule is COC(=O)c1ccc(COc2ccc(C=C(C#N)C(=O)Nc3cccc(Cl)c3)cc2OC)o1. The molecule has 0 aliphatic heterocycles. The van der Waals surface area contributed by atoms with Crippen LogP contribution in [0.3, 0.4) is 0 Å². The zero-order valence-electron chi connectivity index (χ0n) is 17.8. The Kier molecular flexibility index (Phi) is 7.73. The number of benzene rings is 2. The molecule has 1 amide bonds. The maximum Gasteiger partial charge on any atom is 0.373 e. The molecule has 1 N–H and O–H groups in total. The van der Waals surface area contributed by atoms with Gasteiger partial charge in [-0.2, -0.15) is 5.26 Å². The standard InChI is InChI=1S/C24H19ClN2O6/c1-30-22-11-15(10-16(13-26)23(28)27-18-5-3-4-17(25)12-18)6-8-20(22)32-14-19-7-9-21(33-19)24(29)31-2/h3-12H,14H2,1-2H3,(H,27,28). The number of halogens is 1. The average Bonchev–Trinajstić information content (AvgIpc) is 3.30. The predicted molar refractivity (Wildman–Crippen MR) is 121 cm³/mol. The summed E-state index contributed by atoms with van der Waals surface area (Å²) >= 11 is 5.92. The van der Waals surface area contributed by atoms with Crippen molar-refractivity contribution in [2.75, 3.05) is 19.5 Å². The fourth-order valence-electron chi connectivity index (χ4n) is 2.79. The number of anilines is 1. The largest absolute Gasteiger partial charge is 0.493 e. The lowest BCUT2D eigenvalue weighted by Gasteiger charge is -2.11. The first-order valence-corrected chi connectivity index (χ1v) is 9.98. The van der Waals surface area contributed by atoms with E-state index in [9.17, 15) is 14.9 Å². The van der Waals surface area contributed by atoms with Crippen LogP contribution in [0.25, 0.3) is 6.08 Å². The third-order valence-electron chi connectivity index (χ3n) is 4.36. The van der Waals surface area contributed by atoms with Gasteiger partial charge in [-0.15, -0.1) is 0 Å². The minimum Gasteiger partial charge on any atom is -0.493 e. The first kappa shape index (κ1) is 23.4. The highest BCUT2D eigenvalue weighted by atomic mass is 35.5. The summed E-state index contributed by atoms with van der Waals surface area (Å²) in [5.74, 6) is 0.138. The van der Waals surface area contributed by atoms with Gasteiger partial charge in [0, 0.05) is 10.7 Å². The summed E-state index contributed by atoms with van der Waals surface area (Å²) in [7, 11) is 2.73. The highest BCUT2D eigenvalue weighted by Gasteiger charge is 2.14. The van der Waals surface area contributed by atoms with Crippen molar-refractivity contribution in [1.29, 1.82) is 5.26 Å². The van der Waals surface area contributed by atoms with E-state index in [-0.39, 0.29) is 17.9 Å². The molecule has 33 heavy (non-hydrogen) atoms. The van der Waals surface area contributed by atoms with E-state index in [1.54, 1.807) is 48.5 Å². The highest BCUT2D eigenvalue weighted by Crippen LogP contribution is 2.30. The minimum atomic E-state index is -0.581. The molecule has 3 aromatic rings. The molecule has 8 nitrogen and oxygen atoms in total. The van der Waals surface area contributed by atoms with Crippen LogP contribution in [0.5, 0.6) is 11.5 Å². The van der Waals surface area contributed by atoms with Gasteiger partial charge in [-0.05, 0) is 54.1 Å². The molecule has 0 aliphatic carbocycles. The Bertz CT molecular complexity index is 1240. The third kappa shape index (κ3) is 6.15. The van der Waals surface area contributed by atoms with Crippen molar-refractivity contribution in [1.82, 2.24) is 0 Å². The summed E-state index contributed by atoms with van der Waals surface area (Å²) in [5.41, 5.74) is 0.933. The Labute approximate surface area is 194 Å². The maximum atomic E-state index is 12.5. The van der Waals surface area contributed by atoms with Gasteiger partial charge < -0.3 is 23.9 Å². The van der Waals surface area contributed by atoms with E-state index in [2.05, 4.69) is 10.1 Å². The van der Waals surface area contributed by atoms with E-state index < -0.39 is 11.9 Å². The fourth-order valence-corrected chi connectivity index (χ4v) is 2.98. The molecule has 1 aromatic heterocycles. The number of furan rings is 1. The molecule has 168 valence electrons. The lowest BCUT2D eigenvalue weighted by atomic mass is 10.1. The van der Waals surface area contributed by atoms with Gasteiger partial charge in [-0.3, -0.25) is 4.79 Å². The summed E-state index contributed by atoms with van der Waals surface area (Å²) in [6.45, 7) is 0.0496. The van der Waals surface area contributed by atoms with Crippen molar-refractivity contribution in [3.8, 4) is 17.6 Å². The van der Waals surface area contributed by atoms with Crippen molar-refractivity contribution >= 4 is 35.2 Å². The lowest BCUT2D eigenvalue weighted by molar-refractivity contribution is -0.112. The van der Waals surface area contributed by atoms with Gasteiger partial charge in [0.25, 0.3) is 5.91 Å². The Hall–Kier alpha value is -4.22. The van der Waals surface area contributed by atoms with Gasteiger partial charge in [-0.1, -0.05) is 23.7 Å². The quantitative estimate of drug-likeness (QED) is 0.287. The molecule has 0 saturated carbocycles. The second kappa shape index (κ2) is 10.9. The molecule has 2 aromatic carbocycles. The Morgan fingerprint density at radius 2 is 1.94 bits per heavy atom. The monoisotopic (exact) mass is 466 g/mol. The van der Waals surface area contributed by atoms with Crippen LogP contribution in [-0.4, -0.2) is 26.1 Å². The molecule has 0 radical (unpaired) electrons. The van der Waals surface area contributed by atoms with E-state index in [0.717, 1.165) is 0 Å². The molecule has 3 rings (SSSR count). The van der Waals surface area contributed by atoms with Gasteiger partial charge in [0.05, 0.1) is 14.2 Å². The molecule has 0 bridgehead atoms. The number of hydrogen-bond acceptors (Lipinski definition) is 7. The number of hydrogen-bond donors (Lipinski definition) is 1. The number of nitrogens with one attached hydrogen (secondary N) is 1. The van der Waals surface area contributed by atoms with Crippen molar-refractivity contribution < 1.29 is 28.2 Å². The topological polar surface area (TPSA) is 111 Å². The number of ether oxygens (including phenoxy) is 3. The van der Waals surface area contributed by atoms with Gasteiger partial charge in [0.15, 0.2) is 11.5 Å². The molecule has 0 aliphatic rings. The molecule has 9 heteroatoms. The normalized spacial score (nSPS) is 10.8. The molecule has 0 atom stereocenters. The van der Waals surface area contributed by atoms with Crippen LogP contribution < -0.4 is 14.8 Å². The zero-order chi connectivity index (χ0) is 23.8. The molecule has 0 spiro atoms. The molecule has 1 heterocycles. The predicted octanol–water partition coefficient (Wildman–Crippen LogP) is 4.85. The summed E-state index contributed by atoms with van der Waals surface area (Å²) in [6.07, 6.45) is 1.43. The van der Waals surface area contributed by atoms with Crippen LogP contribution in [0.2, 0.25) is 5.02 Å². The zero-order valence-corrected chi connectivity index (χ0v) is 18.5. The molecular weight excluding hydrogens is 448 g/mol. The van der Waals surface area contributed by atoms with E-state index >= 15 is 0 Å². The van der Waals surface area contributed by atoms with Crippen LogP contribution in [0, 0.1) is 11.3 Å². The lowest BCUT2D eigenvalue weighted by Crippen LogP contribution is -2.13. The second-order valence-electron chi connectivity index (χ2n) is 6.59. The highest BCUT2D eigenvalue weighted by molar-refractivity contribution is 6.31. The van der Waals surface area contributed by atoms with E-state index in [1.807, 2.05) is 6.07 Å². The summed E-state index contributed by atoms with van der Waals surface area (Å²) in [6, 6.07) is 16.5. The Balaban J connectivity index is 1.72.